The zero-order valence-corrected chi connectivity index (χ0v) is 9.55. The Morgan fingerprint density at radius 1 is 1.47 bits per heavy atom. The molecule has 0 aliphatic heterocycles. The van der Waals surface area contributed by atoms with E-state index in [1.54, 1.807) is 24.3 Å². The number of nitrogens with one attached hydrogen (secondary N) is 1. The highest BCUT2D eigenvalue weighted by atomic mass is 35.5. The second-order valence-electron chi connectivity index (χ2n) is 3.33. The third-order valence-corrected chi connectivity index (χ3v) is 2.34. The van der Waals surface area contributed by atoms with E-state index in [-0.39, 0.29) is 18.4 Å². The van der Waals surface area contributed by atoms with E-state index >= 15 is 0 Å². The second kappa shape index (κ2) is 4.84. The van der Waals surface area contributed by atoms with Crippen LogP contribution < -0.4 is 11.1 Å². The Kier molecular flexibility index (Phi) is 3.24. The number of anilines is 2. The van der Waals surface area contributed by atoms with E-state index in [0.717, 1.165) is 0 Å². The number of rotatable bonds is 3. The summed E-state index contributed by atoms with van der Waals surface area (Å²) in [5.74, 6) is -0.112. The van der Waals surface area contributed by atoms with Crippen LogP contribution in [0, 0.1) is 0 Å². The average Bonchev–Trinajstić information content (AvgIpc) is 2.67. The molecule has 88 valence electrons. The van der Waals surface area contributed by atoms with Crippen molar-refractivity contribution in [2.75, 3.05) is 11.1 Å². The van der Waals surface area contributed by atoms with Crippen molar-refractivity contribution in [1.29, 1.82) is 0 Å². The van der Waals surface area contributed by atoms with E-state index in [4.69, 9.17) is 17.3 Å². The molecule has 0 aliphatic rings. The number of nitrogen functional groups attached to an aromatic ring is 1. The van der Waals surface area contributed by atoms with Crippen LogP contribution in [0.15, 0.2) is 30.6 Å². The first-order valence-electron chi connectivity index (χ1n) is 4.84. The van der Waals surface area contributed by atoms with Gasteiger partial charge in [0.2, 0.25) is 11.9 Å². The van der Waals surface area contributed by atoms with E-state index in [1.165, 1.54) is 11.0 Å². The van der Waals surface area contributed by atoms with Crippen LogP contribution in [0.2, 0.25) is 5.02 Å². The number of aromatic nitrogens is 3. The van der Waals surface area contributed by atoms with Gasteiger partial charge in [0.1, 0.15) is 12.9 Å². The molecule has 6 nitrogen and oxygen atoms in total. The third-order valence-electron chi connectivity index (χ3n) is 2.01. The summed E-state index contributed by atoms with van der Waals surface area (Å²) in [5.41, 5.74) is 5.90. The highest BCUT2D eigenvalue weighted by Crippen LogP contribution is 2.20. The van der Waals surface area contributed by atoms with E-state index in [0.29, 0.717) is 10.7 Å². The fourth-order valence-electron chi connectivity index (χ4n) is 1.28. The van der Waals surface area contributed by atoms with E-state index in [1.807, 2.05) is 0 Å². The Labute approximate surface area is 102 Å². The minimum atomic E-state index is -0.247. The zero-order chi connectivity index (χ0) is 12.3. The van der Waals surface area contributed by atoms with Crippen LogP contribution in [-0.4, -0.2) is 20.7 Å². The van der Waals surface area contributed by atoms with Gasteiger partial charge in [0, 0.05) is 0 Å². The number of hydrogen-bond acceptors (Lipinski definition) is 4. The molecule has 0 atom stereocenters. The van der Waals surface area contributed by atoms with Gasteiger partial charge in [-0.15, -0.1) is 5.10 Å². The minimum absolute atomic E-state index is 0.0371. The summed E-state index contributed by atoms with van der Waals surface area (Å²) in [6.07, 6.45) is 1.39. The first-order chi connectivity index (χ1) is 8.15. The maximum atomic E-state index is 11.6. The predicted octanol–water partition coefficient (Wildman–Crippen LogP) is 1.15. The van der Waals surface area contributed by atoms with Crippen molar-refractivity contribution < 1.29 is 4.79 Å². The summed E-state index contributed by atoms with van der Waals surface area (Å²) in [6.45, 7) is 0.0371. The summed E-state index contributed by atoms with van der Waals surface area (Å²) in [4.78, 5) is 15.4. The van der Waals surface area contributed by atoms with Crippen LogP contribution in [0.4, 0.5) is 11.6 Å². The number of nitrogens with zero attached hydrogens (tertiary/aromatic N) is 3. The smallest absolute Gasteiger partial charge is 0.246 e. The van der Waals surface area contributed by atoms with Crippen molar-refractivity contribution in [2.45, 2.75) is 6.54 Å². The number of nitrogens with two attached hydrogens (primary N) is 1. The molecule has 1 aromatic carbocycles. The fourth-order valence-corrected chi connectivity index (χ4v) is 1.47. The van der Waals surface area contributed by atoms with Gasteiger partial charge in [0.25, 0.3) is 0 Å². The topological polar surface area (TPSA) is 85.8 Å². The molecule has 0 spiro atoms. The van der Waals surface area contributed by atoms with Gasteiger partial charge in [-0.2, -0.15) is 0 Å². The van der Waals surface area contributed by atoms with Gasteiger partial charge < -0.3 is 11.1 Å². The molecule has 1 amide bonds. The summed E-state index contributed by atoms with van der Waals surface area (Å²) in [7, 11) is 0. The van der Waals surface area contributed by atoms with E-state index < -0.39 is 0 Å². The molecular formula is C10H10ClN5O. The molecule has 0 saturated carbocycles. The molecule has 0 bridgehead atoms. The number of carbonyl (C=O) groups excluding carboxylic acids is 1. The molecule has 2 rings (SSSR count). The summed E-state index contributed by atoms with van der Waals surface area (Å²) in [5, 5.41) is 6.96. The molecule has 0 radical (unpaired) electrons. The van der Waals surface area contributed by atoms with Crippen LogP contribution >= 0.6 is 11.6 Å². The molecule has 3 N–H and O–H groups in total. The largest absolute Gasteiger partial charge is 0.367 e. The van der Waals surface area contributed by atoms with Crippen LogP contribution in [0.25, 0.3) is 0 Å². The number of amides is 1. The third kappa shape index (κ3) is 2.94. The van der Waals surface area contributed by atoms with Crippen molar-refractivity contribution in [3.8, 4) is 0 Å². The Morgan fingerprint density at radius 2 is 2.24 bits per heavy atom. The second-order valence-corrected chi connectivity index (χ2v) is 3.74. The monoisotopic (exact) mass is 251 g/mol. The number of para-hydroxylation sites is 1. The molecule has 0 fully saturated rings. The van der Waals surface area contributed by atoms with Crippen molar-refractivity contribution in [3.63, 3.8) is 0 Å². The zero-order valence-electron chi connectivity index (χ0n) is 8.80. The lowest BCUT2D eigenvalue weighted by atomic mass is 10.3. The molecule has 0 saturated heterocycles. The summed E-state index contributed by atoms with van der Waals surface area (Å²) in [6, 6.07) is 6.99. The molecule has 0 aliphatic carbocycles. The number of halogens is 1. The number of carbonyl (C=O) groups is 1. The van der Waals surface area contributed by atoms with Gasteiger partial charge in [-0.3, -0.25) is 4.79 Å². The summed E-state index contributed by atoms with van der Waals surface area (Å²) < 4.78 is 1.35. The lowest BCUT2D eigenvalue weighted by Crippen LogP contribution is -2.19. The molecule has 17 heavy (non-hydrogen) atoms. The normalized spacial score (nSPS) is 10.2. The predicted molar refractivity (Wildman–Crippen MR) is 64.5 cm³/mol. The van der Waals surface area contributed by atoms with Crippen molar-refractivity contribution in [1.82, 2.24) is 14.8 Å². The van der Waals surface area contributed by atoms with Crippen molar-refractivity contribution in [2.24, 2.45) is 0 Å². The molecular weight excluding hydrogens is 242 g/mol. The Balaban J connectivity index is 2.01. The maximum absolute atomic E-state index is 11.6. The number of benzene rings is 1. The highest BCUT2D eigenvalue weighted by Gasteiger charge is 2.07. The molecule has 0 unspecified atom stereocenters. The molecule has 1 heterocycles. The van der Waals surface area contributed by atoms with Crippen LogP contribution in [0.1, 0.15) is 0 Å². The average molecular weight is 252 g/mol. The Morgan fingerprint density at radius 3 is 2.88 bits per heavy atom. The SMILES string of the molecule is Nc1ncn(CC(=O)Nc2ccccc2Cl)n1. The van der Waals surface area contributed by atoms with E-state index in [9.17, 15) is 4.79 Å². The molecule has 2 aromatic rings. The van der Waals surface area contributed by atoms with Crippen LogP contribution in [0.3, 0.4) is 0 Å². The number of hydrogen-bond donors (Lipinski definition) is 2. The Hall–Kier alpha value is -2.08. The lowest BCUT2D eigenvalue weighted by molar-refractivity contribution is -0.116. The van der Waals surface area contributed by atoms with Gasteiger partial charge in [-0.25, -0.2) is 9.67 Å². The summed E-state index contributed by atoms with van der Waals surface area (Å²) >= 11 is 5.91. The quantitative estimate of drug-likeness (QED) is 0.857. The van der Waals surface area contributed by atoms with Gasteiger partial charge in [-0.05, 0) is 12.1 Å². The molecule has 7 heteroatoms. The van der Waals surface area contributed by atoms with Crippen molar-refractivity contribution >= 4 is 29.1 Å². The van der Waals surface area contributed by atoms with Gasteiger partial charge >= 0.3 is 0 Å². The van der Waals surface area contributed by atoms with Gasteiger partial charge in [0.05, 0.1) is 10.7 Å². The van der Waals surface area contributed by atoms with E-state index in [2.05, 4.69) is 15.4 Å². The Bertz CT molecular complexity index is 539. The minimum Gasteiger partial charge on any atom is -0.367 e. The van der Waals surface area contributed by atoms with Gasteiger partial charge in [0.15, 0.2) is 0 Å². The fraction of sp³-hybridized carbons (Fsp3) is 0.100. The molecule has 1 aromatic heterocycles. The van der Waals surface area contributed by atoms with Crippen LogP contribution in [-0.2, 0) is 11.3 Å². The van der Waals surface area contributed by atoms with Gasteiger partial charge in [-0.1, -0.05) is 23.7 Å². The highest BCUT2D eigenvalue weighted by molar-refractivity contribution is 6.33. The first kappa shape index (κ1) is 11.4. The van der Waals surface area contributed by atoms with Crippen LogP contribution in [0.5, 0.6) is 0 Å². The standard InChI is InChI=1S/C10H10ClN5O/c11-7-3-1-2-4-8(7)14-9(17)5-16-6-13-10(12)15-16/h1-4,6H,5H2,(H2,12,15)(H,14,17). The van der Waals surface area contributed by atoms with Crippen molar-refractivity contribution in [3.05, 3.63) is 35.6 Å². The maximum Gasteiger partial charge on any atom is 0.246 e. The first-order valence-corrected chi connectivity index (χ1v) is 5.22. The lowest BCUT2D eigenvalue weighted by Gasteiger charge is -2.06.